The van der Waals surface area contributed by atoms with E-state index in [-0.39, 0.29) is 12.1 Å². The SMILES string of the molecule is Cc1nnc(-c2ccc(OCC(O)CNC(C)(C)C)nc2)o1. The van der Waals surface area contributed by atoms with E-state index in [4.69, 9.17) is 9.15 Å². The first-order valence-electron chi connectivity index (χ1n) is 7.16. The number of ether oxygens (including phenoxy) is 1. The minimum absolute atomic E-state index is 0.0386. The molecule has 0 aliphatic rings. The molecule has 0 radical (unpaired) electrons. The van der Waals surface area contributed by atoms with Crippen molar-refractivity contribution in [2.75, 3.05) is 13.2 Å². The van der Waals surface area contributed by atoms with Gasteiger partial charge < -0.3 is 19.6 Å². The van der Waals surface area contributed by atoms with Crippen LogP contribution in [0.3, 0.4) is 0 Å². The van der Waals surface area contributed by atoms with Crippen molar-refractivity contribution in [1.29, 1.82) is 0 Å². The molecule has 7 heteroatoms. The van der Waals surface area contributed by atoms with E-state index < -0.39 is 6.10 Å². The van der Waals surface area contributed by atoms with Crippen molar-refractivity contribution in [2.45, 2.75) is 39.3 Å². The number of aliphatic hydroxyl groups excluding tert-OH is 1. The van der Waals surface area contributed by atoms with Crippen molar-refractivity contribution in [3.8, 4) is 17.3 Å². The maximum absolute atomic E-state index is 9.86. The summed E-state index contributed by atoms with van der Waals surface area (Å²) >= 11 is 0. The molecule has 22 heavy (non-hydrogen) atoms. The summed E-state index contributed by atoms with van der Waals surface area (Å²) in [7, 11) is 0. The molecule has 0 amide bonds. The highest BCUT2D eigenvalue weighted by atomic mass is 16.5. The molecule has 0 fully saturated rings. The van der Waals surface area contributed by atoms with Crippen molar-refractivity contribution in [2.24, 2.45) is 0 Å². The summed E-state index contributed by atoms with van der Waals surface area (Å²) in [6, 6.07) is 3.49. The van der Waals surface area contributed by atoms with Gasteiger partial charge in [-0.25, -0.2) is 4.98 Å². The number of rotatable bonds is 6. The predicted molar refractivity (Wildman–Crippen MR) is 81.5 cm³/mol. The fraction of sp³-hybridized carbons (Fsp3) is 0.533. The van der Waals surface area contributed by atoms with Crippen LogP contribution in [0.2, 0.25) is 0 Å². The molecular weight excluding hydrogens is 284 g/mol. The van der Waals surface area contributed by atoms with Crippen molar-refractivity contribution in [3.63, 3.8) is 0 Å². The van der Waals surface area contributed by atoms with Gasteiger partial charge in [0, 0.05) is 31.3 Å². The fourth-order valence-electron chi connectivity index (χ4n) is 1.67. The Hall–Kier alpha value is -1.99. The number of β-amino-alcohol motifs (C(OH)–C–C–N with tert-alkyl or cyclic N) is 1. The Morgan fingerprint density at radius 1 is 1.32 bits per heavy atom. The Balaban J connectivity index is 1.84. The molecule has 0 saturated heterocycles. The molecule has 0 aliphatic carbocycles. The smallest absolute Gasteiger partial charge is 0.249 e. The Morgan fingerprint density at radius 3 is 2.64 bits per heavy atom. The quantitative estimate of drug-likeness (QED) is 0.836. The van der Waals surface area contributed by atoms with Gasteiger partial charge in [-0.1, -0.05) is 0 Å². The molecule has 2 aromatic heterocycles. The zero-order valence-corrected chi connectivity index (χ0v) is 13.3. The van der Waals surface area contributed by atoms with Crippen LogP contribution in [0.25, 0.3) is 11.5 Å². The summed E-state index contributed by atoms with van der Waals surface area (Å²) in [5.74, 6) is 1.37. The van der Waals surface area contributed by atoms with Gasteiger partial charge in [-0.2, -0.15) is 0 Å². The highest BCUT2D eigenvalue weighted by molar-refractivity contribution is 5.51. The lowest BCUT2D eigenvalue weighted by Crippen LogP contribution is -2.42. The summed E-state index contributed by atoms with van der Waals surface area (Å²) in [5.41, 5.74) is 0.686. The van der Waals surface area contributed by atoms with Gasteiger partial charge in [0.2, 0.25) is 17.7 Å². The van der Waals surface area contributed by atoms with Gasteiger partial charge >= 0.3 is 0 Å². The van der Waals surface area contributed by atoms with Crippen molar-refractivity contribution in [1.82, 2.24) is 20.5 Å². The molecule has 2 rings (SSSR count). The summed E-state index contributed by atoms with van der Waals surface area (Å²) in [6.07, 6.45) is 1.00. The van der Waals surface area contributed by atoms with Gasteiger partial charge in [0.15, 0.2) is 0 Å². The second kappa shape index (κ2) is 6.85. The third kappa shape index (κ3) is 5.09. The van der Waals surface area contributed by atoms with Crippen LogP contribution >= 0.6 is 0 Å². The van der Waals surface area contributed by atoms with Gasteiger partial charge in [0.1, 0.15) is 12.7 Å². The topological polar surface area (TPSA) is 93.3 Å². The van der Waals surface area contributed by atoms with E-state index >= 15 is 0 Å². The lowest BCUT2D eigenvalue weighted by Gasteiger charge is -2.22. The molecule has 1 unspecified atom stereocenters. The number of aryl methyl sites for hydroxylation is 1. The molecule has 0 bridgehead atoms. The molecule has 2 aromatic rings. The van der Waals surface area contributed by atoms with E-state index in [0.717, 1.165) is 5.56 Å². The highest BCUT2D eigenvalue weighted by Crippen LogP contribution is 2.18. The third-order valence-corrected chi connectivity index (χ3v) is 2.80. The molecule has 2 N–H and O–H groups in total. The number of aromatic nitrogens is 3. The van der Waals surface area contributed by atoms with Crippen molar-refractivity contribution < 1.29 is 14.3 Å². The Morgan fingerprint density at radius 2 is 2.09 bits per heavy atom. The number of hydrogen-bond donors (Lipinski definition) is 2. The second-order valence-electron chi connectivity index (χ2n) is 6.11. The van der Waals surface area contributed by atoms with Gasteiger partial charge in [0.05, 0.1) is 5.56 Å². The molecule has 0 saturated carbocycles. The van der Waals surface area contributed by atoms with Crippen molar-refractivity contribution in [3.05, 3.63) is 24.2 Å². The van der Waals surface area contributed by atoms with Crippen LogP contribution in [-0.4, -0.2) is 45.1 Å². The lowest BCUT2D eigenvalue weighted by molar-refractivity contribution is 0.0978. The van der Waals surface area contributed by atoms with Crippen LogP contribution < -0.4 is 10.1 Å². The Kier molecular flexibility index (Phi) is 5.10. The lowest BCUT2D eigenvalue weighted by atomic mass is 10.1. The van der Waals surface area contributed by atoms with Crippen LogP contribution in [0.5, 0.6) is 5.88 Å². The van der Waals surface area contributed by atoms with Crippen LogP contribution in [0, 0.1) is 6.92 Å². The van der Waals surface area contributed by atoms with E-state index in [9.17, 15) is 5.11 Å². The van der Waals surface area contributed by atoms with E-state index in [1.165, 1.54) is 0 Å². The molecule has 7 nitrogen and oxygen atoms in total. The number of pyridine rings is 1. The number of hydrogen-bond acceptors (Lipinski definition) is 7. The van der Waals surface area contributed by atoms with Gasteiger partial charge in [0.25, 0.3) is 0 Å². The third-order valence-electron chi connectivity index (χ3n) is 2.80. The molecule has 0 spiro atoms. The first-order chi connectivity index (χ1) is 10.3. The van der Waals surface area contributed by atoms with Gasteiger partial charge in [-0.3, -0.25) is 0 Å². The first-order valence-corrected chi connectivity index (χ1v) is 7.16. The number of nitrogens with one attached hydrogen (secondary N) is 1. The largest absolute Gasteiger partial charge is 0.475 e. The van der Waals surface area contributed by atoms with E-state index in [0.29, 0.717) is 24.2 Å². The van der Waals surface area contributed by atoms with Crippen LogP contribution in [0.1, 0.15) is 26.7 Å². The molecular formula is C15H22N4O3. The molecule has 0 aromatic carbocycles. The summed E-state index contributed by atoms with van der Waals surface area (Å²) in [4.78, 5) is 4.16. The van der Waals surface area contributed by atoms with Gasteiger partial charge in [-0.15, -0.1) is 10.2 Å². The monoisotopic (exact) mass is 306 g/mol. The Labute approximate surface area is 129 Å². The van der Waals surface area contributed by atoms with Gasteiger partial charge in [-0.05, 0) is 26.8 Å². The average molecular weight is 306 g/mol. The maximum atomic E-state index is 9.86. The minimum atomic E-state index is -0.598. The maximum Gasteiger partial charge on any atom is 0.249 e. The summed E-state index contributed by atoms with van der Waals surface area (Å²) < 4.78 is 10.8. The number of aliphatic hydroxyl groups is 1. The highest BCUT2D eigenvalue weighted by Gasteiger charge is 2.13. The molecule has 0 aliphatic heterocycles. The standard InChI is InChI=1S/C15H22N4O3/c1-10-18-19-14(22-10)11-5-6-13(16-7-11)21-9-12(20)8-17-15(2,3)4/h5-7,12,17,20H,8-9H2,1-4H3. The fourth-order valence-corrected chi connectivity index (χ4v) is 1.67. The second-order valence-corrected chi connectivity index (χ2v) is 6.11. The van der Waals surface area contributed by atoms with E-state index in [1.807, 2.05) is 20.8 Å². The Bertz CT molecular complexity index is 590. The summed E-state index contributed by atoms with van der Waals surface area (Å²) in [6.45, 7) is 8.49. The molecule has 2 heterocycles. The average Bonchev–Trinajstić information content (AvgIpc) is 2.89. The summed E-state index contributed by atoms with van der Waals surface area (Å²) in [5, 5.41) is 20.8. The number of nitrogens with zero attached hydrogens (tertiary/aromatic N) is 3. The molecule has 1 atom stereocenters. The minimum Gasteiger partial charge on any atom is -0.475 e. The zero-order valence-electron chi connectivity index (χ0n) is 13.3. The predicted octanol–water partition coefficient (Wildman–Crippen LogP) is 1.57. The van der Waals surface area contributed by atoms with E-state index in [2.05, 4.69) is 20.5 Å². The molecule has 120 valence electrons. The van der Waals surface area contributed by atoms with Crippen LogP contribution in [-0.2, 0) is 0 Å². The van der Waals surface area contributed by atoms with Crippen molar-refractivity contribution >= 4 is 0 Å². The normalized spacial score (nSPS) is 13.1. The zero-order chi connectivity index (χ0) is 16.2. The van der Waals surface area contributed by atoms with Crippen LogP contribution in [0.15, 0.2) is 22.7 Å². The van der Waals surface area contributed by atoms with E-state index in [1.54, 1.807) is 25.3 Å². The van der Waals surface area contributed by atoms with Crippen LogP contribution in [0.4, 0.5) is 0 Å². The first kappa shape index (κ1) is 16.4.